The molecule has 0 bridgehead atoms. The maximum absolute atomic E-state index is 13.1. The minimum Gasteiger partial charge on any atom is -0.489 e. The van der Waals surface area contributed by atoms with E-state index in [0.717, 1.165) is 37.2 Å². The van der Waals surface area contributed by atoms with Crippen LogP contribution in [0.1, 0.15) is 63.0 Å². The van der Waals surface area contributed by atoms with E-state index in [1.165, 1.54) is 16.7 Å². The first kappa shape index (κ1) is 25.0. The van der Waals surface area contributed by atoms with Gasteiger partial charge in [-0.1, -0.05) is 36.4 Å². The van der Waals surface area contributed by atoms with Crippen molar-refractivity contribution in [2.75, 3.05) is 6.54 Å². The van der Waals surface area contributed by atoms with Gasteiger partial charge in [-0.2, -0.15) is 5.26 Å². The van der Waals surface area contributed by atoms with Gasteiger partial charge in [-0.15, -0.1) is 0 Å². The monoisotopic (exact) mass is 519 g/mol. The molecule has 7 heteroatoms. The molecule has 2 aliphatic heterocycles. The van der Waals surface area contributed by atoms with Gasteiger partial charge in [0, 0.05) is 37.2 Å². The van der Waals surface area contributed by atoms with Gasteiger partial charge in [0.05, 0.1) is 30.6 Å². The first-order valence-corrected chi connectivity index (χ1v) is 13.4. The first-order valence-electron chi connectivity index (χ1n) is 13.4. The van der Waals surface area contributed by atoms with Gasteiger partial charge in [0.2, 0.25) is 0 Å². The van der Waals surface area contributed by atoms with E-state index in [0.29, 0.717) is 42.9 Å². The largest absolute Gasteiger partial charge is 0.489 e. The highest BCUT2D eigenvalue weighted by Gasteiger charge is 2.40. The SMILES string of the molecule is N#Cc1ccc2c(c1)CN(Cc1ccc(COc3cccc4c3CN([C@H]3CCC(=O)CC3=O)C4=O)cc1)CC2. The van der Waals surface area contributed by atoms with Gasteiger partial charge in [-0.3, -0.25) is 19.3 Å². The van der Waals surface area contributed by atoms with Gasteiger partial charge >= 0.3 is 0 Å². The molecule has 1 aliphatic carbocycles. The third kappa shape index (κ3) is 5.08. The molecule has 3 aliphatic rings. The Kier molecular flexibility index (Phi) is 6.72. The van der Waals surface area contributed by atoms with Crippen molar-refractivity contribution in [1.29, 1.82) is 5.26 Å². The Morgan fingerprint density at radius 1 is 0.923 bits per heavy atom. The Balaban J connectivity index is 1.08. The molecule has 0 radical (unpaired) electrons. The summed E-state index contributed by atoms with van der Waals surface area (Å²) in [6.45, 7) is 3.36. The summed E-state index contributed by atoms with van der Waals surface area (Å²) in [5.74, 6) is 0.258. The van der Waals surface area contributed by atoms with Gasteiger partial charge < -0.3 is 9.64 Å². The third-order valence-corrected chi connectivity index (χ3v) is 8.02. The molecule has 196 valence electrons. The van der Waals surface area contributed by atoms with E-state index >= 15 is 0 Å². The van der Waals surface area contributed by atoms with Crippen LogP contribution in [0.15, 0.2) is 60.7 Å². The Bertz CT molecular complexity index is 1500. The number of ether oxygens (including phenoxy) is 1. The summed E-state index contributed by atoms with van der Waals surface area (Å²) in [5, 5.41) is 9.21. The van der Waals surface area contributed by atoms with Crippen LogP contribution < -0.4 is 4.74 Å². The van der Waals surface area contributed by atoms with Crippen LogP contribution in [0, 0.1) is 11.3 Å². The second-order valence-corrected chi connectivity index (χ2v) is 10.6. The van der Waals surface area contributed by atoms with Gasteiger partial charge in [0.1, 0.15) is 18.1 Å². The molecule has 0 saturated heterocycles. The van der Waals surface area contributed by atoms with E-state index in [-0.39, 0.29) is 23.9 Å². The number of hydrogen-bond acceptors (Lipinski definition) is 6. The van der Waals surface area contributed by atoms with Crippen LogP contribution in [0.5, 0.6) is 5.75 Å². The molecule has 3 aromatic rings. The second kappa shape index (κ2) is 10.5. The minimum atomic E-state index is -0.537. The van der Waals surface area contributed by atoms with Crippen LogP contribution in [-0.2, 0) is 42.3 Å². The molecule has 0 unspecified atom stereocenters. The normalized spacial score (nSPS) is 19.0. The summed E-state index contributed by atoms with van der Waals surface area (Å²) >= 11 is 0. The Labute approximate surface area is 227 Å². The number of Topliss-reactive ketones (excluding diaryl/α,β-unsaturated/α-hetero) is 2. The smallest absolute Gasteiger partial charge is 0.255 e. The minimum absolute atomic E-state index is 0.0501. The van der Waals surface area contributed by atoms with Crippen molar-refractivity contribution in [1.82, 2.24) is 9.80 Å². The fraction of sp³-hybridized carbons (Fsp3) is 0.312. The summed E-state index contributed by atoms with van der Waals surface area (Å²) < 4.78 is 6.16. The second-order valence-electron chi connectivity index (χ2n) is 10.6. The molecule has 39 heavy (non-hydrogen) atoms. The van der Waals surface area contributed by atoms with Crippen LogP contribution >= 0.6 is 0 Å². The Morgan fingerprint density at radius 3 is 2.54 bits per heavy atom. The first-order chi connectivity index (χ1) is 19.0. The summed E-state index contributed by atoms with van der Waals surface area (Å²) in [6.07, 6.45) is 1.63. The van der Waals surface area contributed by atoms with E-state index in [2.05, 4.69) is 41.3 Å². The lowest BCUT2D eigenvalue weighted by Crippen LogP contribution is -2.44. The lowest BCUT2D eigenvalue weighted by Gasteiger charge is -2.29. The van der Waals surface area contributed by atoms with E-state index < -0.39 is 6.04 Å². The van der Waals surface area contributed by atoms with Crippen LogP contribution in [0.3, 0.4) is 0 Å². The Hall–Kier alpha value is -4.28. The average molecular weight is 520 g/mol. The summed E-state index contributed by atoms with van der Waals surface area (Å²) in [5.41, 5.74) is 6.89. The van der Waals surface area contributed by atoms with Crippen molar-refractivity contribution in [2.45, 2.75) is 58.0 Å². The molecule has 1 atom stereocenters. The molecule has 6 rings (SSSR count). The van der Waals surface area contributed by atoms with E-state index in [1.54, 1.807) is 17.0 Å². The molecular formula is C32H29N3O4. The predicted molar refractivity (Wildman–Crippen MR) is 144 cm³/mol. The maximum atomic E-state index is 13.1. The number of hydrogen-bond donors (Lipinski definition) is 0. The lowest BCUT2D eigenvalue weighted by atomic mass is 9.92. The van der Waals surface area contributed by atoms with Gasteiger partial charge in [0.25, 0.3) is 5.91 Å². The van der Waals surface area contributed by atoms with Crippen LogP contribution in [0.2, 0.25) is 0 Å². The molecule has 1 saturated carbocycles. The fourth-order valence-electron chi connectivity index (χ4n) is 5.88. The number of nitriles is 1. The zero-order valence-corrected chi connectivity index (χ0v) is 21.7. The van der Waals surface area contributed by atoms with Crippen molar-refractivity contribution >= 4 is 17.5 Å². The average Bonchev–Trinajstić information content (AvgIpc) is 3.28. The van der Waals surface area contributed by atoms with Crippen molar-refractivity contribution in [3.63, 3.8) is 0 Å². The molecule has 0 N–H and O–H groups in total. The van der Waals surface area contributed by atoms with Crippen molar-refractivity contribution < 1.29 is 19.1 Å². The number of carbonyl (C=O) groups is 3. The molecule has 1 amide bonds. The van der Waals surface area contributed by atoms with Gasteiger partial charge in [-0.05, 0) is 59.4 Å². The summed E-state index contributed by atoms with van der Waals surface area (Å²) in [6, 6.07) is 21.5. The van der Waals surface area contributed by atoms with E-state index in [4.69, 9.17) is 4.74 Å². The van der Waals surface area contributed by atoms with E-state index in [9.17, 15) is 19.6 Å². The number of rotatable bonds is 6. The molecule has 1 fully saturated rings. The number of fused-ring (bicyclic) bond motifs is 2. The van der Waals surface area contributed by atoms with Crippen LogP contribution in [0.4, 0.5) is 0 Å². The maximum Gasteiger partial charge on any atom is 0.255 e. The summed E-state index contributed by atoms with van der Waals surface area (Å²) in [4.78, 5) is 41.2. The van der Waals surface area contributed by atoms with Gasteiger partial charge in [0.15, 0.2) is 5.78 Å². The van der Waals surface area contributed by atoms with Crippen LogP contribution in [0.25, 0.3) is 0 Å². The van der Waals surface area contributed by atoms with Gasteiger partial charge in [-0.25, -0.2) is 0 Å². The number of nitrogens with zero attached hydrogens (tertiary/aromatic N) is 3. The van der Waals surface area contributed by atoms with Crippen molar-refractivity contribution in [2.24, 2.45) is 0 Å². The van der Waals surface area contributed by atoms with Crippen molar-refractivity contribution in [3.8, 4) is 11.8 Å². The number of ketones is 2. The lowest BCUT2D eigenvalue weighted by molar-refractivity contribution is -0.133. The number of amides is 1. The predicted octanol–water partition coefficient (Wildman–Crippen LogP) is 4.34. The Morgan fingerprint density at radius 2 is 1.74 bits per heavy atom. The van der Waals surface area contributed by atoms with Crippen LogP contribution in [-0.4, -0.2) is 39.9 Å². The fourth-order valence-corrected chi connectivity index (χ4v) is 5.88. The molecule has 7 nitrogen and oxygen atoms in total. The van der Waals surface area contributed by atoms with E-state index in [1.807, 2.05) is 18.2 Å². The molecule has 3 aromatic carbocycles. The molecule has 0 spiro atoms. The van der Waals surface area contributed by atoms with Crippen molar-refractivity contribution in [3.05, 3.63) is 99.6 Å². The highest BCUT2D eigenvalue weighted by molar-refractivity contribution is 6.07. The molecule has 0 aromatic heterocycles. The topological polar surface area (TPSA) is 90.7 Å². The highest BCUT2D eigenvalue weighted by Crippen LogP contribution is 2.34. The summed E-state index contributed by atoms with van der Waals surface area (Å²) in [7, 11) is 0. The molecular weight excluding hydrogens is 490 g/mol. The highest BCUT2D eigenvalue weighted by atomic mass is 16.5. The molecule has 2 heterocycles. The zero-order valence-electron chi connectivity index (χ0n) is 21.7. The number of carbonyl (C=O) groups excluding carboxylic acids is 3. The zero-order chi connectivity index (χ0) is 26.9. The third-order valence-electron chi connectivity index (χ3n) is 8.02. The quantitative estimate of drug-likeness (QED) is 0.450. The standard InChI is InChI=1S/C32H29N3O4/c33-16-23-8-9-24-12-13-34(18-25(24)14-23)17-21-4-6-22(7-5-21)20-39-31-3-1-2-27-28(31)19-35(32(27)38)29-11-10-26(36)15-30(29)37/h1-9,14,29H,10-13,15,17-20H2/t29-/m0/s1. The number of benzene rings is 3.